The minimum Gasteiger partial charge on any atom is -0.465 e. The normalized spacial score (nSPS) is 11.2. The first-order chi connectivity index (χ1) is 12.0. The van der Waals surface area contributed by atoms with Gasteiger partial charge in [0.2, 0.25) is 0 Å². The number of hydrogen-bond acceptors (Lipinski definition) is 3. The Balaban J connectivity index is 1.89. The molecule has 0 spiro atoms. The minimum absolute atomic E-state index is 0.0154. The number of carbonyl (C=O) groups excluding carboxylic acids is 1. The van der Waals surface area contributed by atoms with Crippen LogP contribution in [0.4, 0.5) is 0 Å². The van der Waals surface area contributed by atoms with Gasteiger partial charge in [-0.25, -0.2) is 0 Å². The second kappa shape index (κ2) is 7.47. The second-order valence-corrected chi connectivity index (χ2v) is 6.75. The second-order valence-electron chi connectivity index (χ2n) is 6.75. The van der Waals surface area contributed by atoms with E-state index < -0.39 is 0 Å². The highest BCUT2D eigenvalue weighted by atomic mass is 16.5. The molecule has 0 bridgehead atoms. The molecule has 3 aromatic rings. The molecule has 0 aromatic heterocycles. The molecule has 25 heavy (non-hydrogen) atoms. The van der Waals surface area contributed by atoms with Gasteiger partial charge in [0.1, 0.15) is 0 Å². The molecule has 0 saturated heterocycles. The summed E-state index contributed by atoms with van der Waals surface area (Å²) in [5, 5.41) is 3.13. The van der Waals surface area contributed by atoms with Crippen LogP contribution < -0.4 is 5.43 Å². The van der Waals surface area contributed by atoms with Crippen LogP contribution in [0.5, 0.6) is 0 Å². The molecule has 0 aliphatic carbocycles. The summed E-state index contributed by atoms with van der Waals surface area (Å²) < 4.78 is 5.27. The summed E-state index contributed by atoms with van der Waals surface area (Å²) in [6.45, 7) is 4.65. The van der Waals surface area contributed by atoms with Gasteiger partial charge in [-0.15, -0.1) is 0 Å². The lowest BCUT2D eigenvalue weighted by molar-refractivity contribution is -0.143. The highest BCUT2D eigenvalue weighted by Gasteiger charge is 2.08. The summed E-state index contributed by atoms with van der Waals surface area (Å²) in [5.74, 6) is 0.283. The average Bonchev–Trinajstić information content (AvgIpc) is 2.72. The van der Waals surface area contributed by atoms with Gasteiger partial charge in [0.05, 0.1) is 13.0 Å². The van der Waals surface area contributed by atoms with Crippen LogP contribution in [0.2, 0.25) is 0 Å². The van der Waals surface area contributed by atoms with E-state index in [1.807, 2.05) is 48.5 Å². The summed E-state index contributed by atoms with van der Waals surface area (Å²) in [4.78, 5) is 24.7. The topological polar surface area (TPSA) is 43.4 Å². The van der Waals surface area contributed by atoms with E-state index in [0.29, 0.717) is 23.3 Å². The Labute approximate surface area is 147 Å². The van der Waals surface area contributed by atoms with Crippen LogP contribution in [0.3, 0.4) is 0 Å². The van der Waals surface area contributed by atoms with Crippen molar-refractivity contribution in [3.05, 3.63) is 70.4 Å². The van der Waals surface area contributed by atoms with E-state index in [1.54, 1.807) is 6.07 Å². The first kappa shape index (κ1) is 17.2. The number of rotatable bonds is 5. The average molecular weight is 334 g/mol. The summed E-state index contributed by atoms with van der Waals surface area (Å²) >= 11 is 0. The van der Waals surface area contributed by atoms with Crippen LogP contribution in [0, 0.1) is 5.92 Å². The van der Waals surface area contributed by atoms with E-state index in [2.05, 4.69) is 13.8 Å². The van der Waals surface area contributed by atoms with Crippen LogP contribution >= 0.6 is 0 Å². The van der Waals surface area contributed by atoms with E-state index >= 15 is 0 Å². The largest absolute Gasteiger partial charge is 0.465 e. The summed E-state index contributed by atoms with van der Waals surface area (Å²) in [6.07, 6.45) is 1.09. The Kier molecular flexibility index (Phi) is 5.13. The van der Waals surface area contributed by atoms with Crippen molar-refractivity contribution in [2.45, 2.75) is 26.7 Å². The molecule has 0 fully saturated rings. The molecule has 3 rings (SSSR count). The first-order valence-corrected chi connectivity index (χ1v) is 8.65. The Morgan fingerprint density at radius 2 is 1.68 bits per heavy atom. The van der Waals surface area contributed by atoms with Crippen molar-refractivity contribution in [1.82, 2.24) is 0 Å². The van der Waals surface area contributed by atoms with Gasteiger partial charge in [0.25, 0.3) is 0 Å². The zero-order chi connectivity index (χ0) is 17.8. The molecule has 3 nitrogen and oxygen atoms in total. The maximum absolute atomic E-state index is 12.7. The Hall–Kier alpha value is -2.68. The van der Waals surface area contributed by atoms with E-state index in [0.717, 1.165) is 22.8 Å². The van der Waals surface area contributed by atoms with Crippen molar-refractivity contribution in [3.8, 4) is 0 Å². The Bertz CT molecular complexity index is 973. The van der Waals surface area contributed by atoms with Crippen molar-refractivity contribution in [2.75, 3.05) is 6.61 Å². The summed E-state index contributed by atoms with van der Waals surface area (Å²) in [6, 6.07) is 17.0. The van der Waals surface area contributed by atoms with Gasteiger partial charge < -0.3 is 4.74 Å². The number of hydrogen-bond donors (Lipinski definition) is 0. The van der Waals surface area contributed by atoms with Crippen LogP contribution in [0.25, 0.3) is 21.5 Å². The van der Waals surface area contributed by atoms with Gasteiger partial charge in [0, 0.05) is 10.8 Å². The van der Waals surface area contributed by atoms with Crippen molar-refractivity contribution >= 4 is 27.5 Å². The third kappa shape index (κ3) is 4.05. The predicted molar refractivity (Wildman–Crippen MR) is 102 cm³/mol. The highest BCUT2D eigenvalue weighted by molar-refractivity contribution is 5.93. The van der Waals surface area contributed by atoms with E-state index in [-0.39, 0.29) is 17.8 Å². The number of ether oxygens (including phenoxy) is 1. The molecule has 0 radical (unpaired) electrons. The van der Waals surface area contributed by atoms with Gasteiger partial charge in [-0.2, -0.15) is 0 Å². The monoisotopic (exact) mass is 334 g/mol. The smallest absolute Gasteiger partial charge is 0.310 e. The molecule has 3 aromatic carbocycles. The SMILES string of the molecule is CC(C)CCOC(=O)Cc1ccc2c(=O)c3ccccc3ccc2c1. The van der Waals surface area contributed by atoms with Gasteiger partial charge >= 0.3 is 5.97 Å². The summed E-state index contributed by atoms with van der Waals surface area (Å²) in [7, 11) is 0. The number of fused-ring (bicyclic) bond motifs is 2. The Morgan fingerprint density at radius 1 is 0.960 bits per heavy atom. The lowest BCUT2D eigenvalue weighted by atomic mass is 10.1. The van der Waals surface area contributed by atoms with Gasteiger partial charge in [-0.05, 0) is 28.7 Å². The van der Waals surface area contributed by atoms with Crippen molar-refractivity contribution in [2.24, 2.45) is 5.92 Å². The van der Waals surface area contributed by atoms with E-state index in [4.69, 9.17) is 4.74 Å². The van der Waals surface area contributed by atoms with Crippen molar-refractivity contribution in [3.63, 3.8) is 0 Å². The fourth-order valence-electron chi connectivity index (χ4n) is 2.87. The lowest BCUT2D eigenvalue weighted by Crippen LogP contribution is -2.10. The lowest BCUT2D eigenvalue weighted by Gasteiger charge is -2.07. The molecule has 0 amide bonds. The molecule has 0 aliphatic heterocycles. The van der Waals surface area contributed by atoms with Crippen LogP contribution in [-0.4, -0.2) is 12.6 Å². The molecular weight excluding hydrogens is 312 g/mol. The Morgan fingerprint density at radius 3 is 2.48 bits per heavy atom. The molecule has 0 N–H and O–H groups in total. The molecule has 0 atom stereocenters. The zero-order valence-electron chi connectivity index (χ0n) is 14.6. The fourth-order valence-corrected chi connectivity index (χ4v) is 2.87. The highest BCUT2D eigenvalue weighted by Crippen LogP contribution is 2.17. The van der Waals surface area contributed by atoms with Crippen molar-refractivity contribution in [1.29, 1.82) is 0 Å². The van der Waals surface area contributed by atoms with Crippen LogP contribution in [0.1, 0.15) is 25.8 Å². The minimum atomic E-state index is -0.229. The molecule has 0 aliphatic rings. The third-order valence-electron chi connectivity index (χ3n) is 4.32. The molecular formula is C22H22O3. The molecule has 3 heteroatoms. The van der Waals surface area contributed by atoms with E-state index in [9.17, 15) is 9.59 Å². The standard InChI is InChI=1S/C22H22O3/c1-15(2)11-12-25-21(23)14-16-7-10-20-18(13-16)9-8-17-5-3-4-6-19(17)22(20)24/h3-10,13,15H,11-12,14H2,1-2H3. The number of esters is 1. The summed E-state index contributed by atoms with van der Waals surface area (Å²) in [5.41, 5.74) is 0.873. The van der Waals surface area contributed by atoms with Gasteiger partial charge in [-0.1, -0.05) is 68.4 Å². The molecule has 0 saturated carbocycles. The quantitative estimate of drug-likeness (QED) is 0.646. The fraction of sp³-hybridized carbons (Fsp3) is 0.273. The maximum atomic E-state index is 12.7. The maximum Gasteiger partial charge on any atom is 0.310 e. The molecule has 0 heterocycles. The van der Waals surface area contributed by atoms with Gasteiger partial charge in [-0.3, -0.25) is 9.59 Å². The number of carbonyl (C=O) groups is 1. The molecule has 0 unspecified atom stereocenters. The molecule has 128 valence electrons. The van der Waals surface area contributed by atoms with Gasteiger partial charge in [0.15, 0.2) is 5.43 Å². The van der Waals surface area contributed by atoms with Crippen LogP contribution in [0.15, 0.2) is 59.4 Å². The van der Waals surface area contributed by atoms with Crippen LogP contribution in [-0.2, 0) is 16.0 Å². The third-order valence-corrected chi connectivity index (χ3v) is 4.32. The predicted octanol–water partition coefficient (Wildman–Crippen LogP) is 4.49. The first-order valence-electron chi connectivity index (χ1n) is 8.65. The van der Waals surface area contributed by atoms with E-state index in [1.165, 1.54) is 0 Å². The number of benzene rings is 2. The zero-order valence-corrected chi connectivity index (χ0v) is 14.6. The van der Waals surface area contributed by atoms with Crippen molar-refractivity contribution < 1.29 is 9.53 Å².